The van der Waals surface area contributed by atoms with Crippen molar-refractivity contribution in [2.75, 3.05) is 6.61 Å². The molecule has 10 heteroatoms. The van der Waals surface area contributed by atoms with Gasteiger partial charge in [-0.25, -0.2) is 8.78 Å². The van der Waals surface area contributed by atoms with Gasteiger partial charge in [-0.2, -0.15) is 13.2 Å². The van der Waals surface area contributed by atoms with Gasteiger partial charge in [-0.05, 0) is 43.3 Å². The van der Waals surface area contributed by atoms with E-state index in [0.29, 0.717) is 0 Å². The van der Waals surface area contributed by atoms with Gasteiger partial charge in [-0.3, -0.25) is 4.79 Å². The predicted molar refractivity (Wildman–Crippen MR) is 116 cm³/mol. The minimum Gasteiger partial charge on any atom is -0.490 e. The maximum Gasteiger partial charge on any atom is 0.453 e. The minimum atomic E-state index is -5.07. The van der Waals surface area contributed by atoms with Crippen LogP contribution in [0.1, 0.15) is 18.2 Å². The largest absolute Gasteiger partial charge is 0.490 e. The molecule has 1 heterocycles. The van der Waals surface area contributed by atoms with Crippen molar-refractivity contribution in [2.24, 2.45) is 0 Å². The van der Waals surface area contributed by atoms with Gasteiger partial charge < -0.3 is 18.6 Å². The smallest absolute Gasteiger partial charge is 0.453 e. The first-order valence-corrected chi connectivity index (χ1v) is 10.3. The van der Waals surface area contributed by atoms with Gasteiger partial charge in [0.15, 0.2) is 11.5 Å². The van der Waals surface area contributed by atoms with Gasteiger partial charge >= 0.3 is 6.18 Å². The summed E-state index contributed by atoms with van der Waals surface area (Å²) in [6.45, 7) is 1.37. The number of ether oxygens (including phenoxy) is 3. The average Bonchev–Trinajstić information content (AvgIpc) is 2.81. The van der Waals surface area contributed by atoms with Gasteiger partial charge in [0.05, 0.1) is 17.6 Å². The molecule has 0 atom stereocenters. The van der Waals surface area contributed by atoms with E-state index < -0.39 is 46.9 Å². The summed E-state index contributed by atoms with van der Waals surface area (Å²) in [6.07, 6.45) is -5.07. The molecule has 5 nitrogen and oxygen atoms in total. The first kappa shape index (κ1) is 24.1. The Kier molecular flexibility index (Phi) is 6.63. The van der Waals surface area contributed by atoms with E-state index in [9.17, 15) is 26.7 Å². The van der Waals surface area contributed by atoms with Crippen LogP contribution < -0.4 is 19.6 Å². The summed E-state index contributed by atoms with van der Waals surface area (Å²) in [4.78, 5) is 13.0. The molecule has 1 aromatic heterocycles. The van der Waals surface area contributed by atoms with Crippen LogP contribution in [0.5, 0.6) is 23.0 Å². The van der Waals surface area contributed by atoms with Gasteiger partial charge in [0.25, 0.3) is 5.76 Å². The summed E-state index contributed by atoms with van der Waals surface area (Å²) in [7, 11) is 0. The second-order valence-electron chi connectivity index (χ2n) is 7.22. The number of alkyl halides is 3. The maximum atomic E-state index is 13.8. The van der Waals surface area contributed by atoms with E-state index in [1.54, 1.807) is 13.0 Å². The molecular formula is C25H17F5O5. The van der Waals surface area contributed by atoms with Crippen LogP contribution in [0.2, 0.25) is 0 Å². The molecule has 0 radical (unpaired) electrons. The molecule has 0 unspecified atom stereocenters. The predicted octanol–water partition coefficient (Wildman–Crippen LogP) is 6.86. The molecule has 0 fully saturated rings. The Morgan fingerprint density at radius 2 is 1.57 bits per heavy atom. The van der Waals surface area contributed by atoms with E-state index in [1.165, 1.54) is 36.4 Å². The topological polar surface area (TPSA) is 57.9 Å². The molecule has 0 saturated carbocycles. The van der Waals surface area contributed by atoms with Gasteiger partial charge in [0, 0.05) is 6.07 Å². The van der Waals surface area contributed by atoms with Crippen molar-refractivity contribution in [1.82, 2.24) is 0 Å². The number of halogens is 5. The third kappa shape index (κ3) is 5.06. The Morgan fingerprint density at radius 3 is 2.23 bits per heavy atom. The number of hydrogen-bond donors (Lipinski definition) is 0. The first-order valence-electron chi connectivity index (χ1n) is 10.3. The maximum absolute atomic E-state index is 13.8. The lowest BCUT2D eigenvalue weighted by Gasteiger charge is -2.15. The fourth-order valence-corrected chi connectivity index (χ4v) is 3.27. The third-order valence-electron chi connectivity index (χ3n) is 4.89. The quantitative estimate of drug-likeness (QED) is 0.264. The van der Waals surface area contributed by atoms with Crippen molar-refractivity contribution in [3.8, 4) is 23.0 Å². The Bertz CT molecular complexity index is 1410. The van der Waals surface area contributed by atoms with E-state index in [2.05, 4.69) is 0 Å². The summed E-state index contributed by atoms with van der Waals surface area (Å²) in [5.74, 6) is -4.41. The van der Waals surface area contributed by atoms with Crippen LogP contribution in [0.15, 0.2) is 69.9 Å². The van der Waals surface area contributed by atoms with Crippen molar-refractivity contribution in [2.45, 2.75) is 19.7 Å². The fraction of sp³-hybridized carbons (Fsp3) is 0.160. The van der Waals surface area contributed by atoms with Crippen molar-refractivity contribution < 1.29 is 40.6 Å². The number of rotatable bonds is 7. The second-order valence-corrected chi connectivity index (χ2v) is 7.22. The molecule has 0 aliphatic carbocycles. The van der Waals surface area contributed by atoms with Gasteiger partial charge in [-0.1, -0.05) is 18.2 Å². The normalized spacial score (nSPS) is 11.5. The molecule has 0 aliphatic rings. The van der Waals surface area contributed by atoms with E-state index in [4.69, 9.17) is 18.6 Å². The molecule has 4 aromatic rings. The minimum absolute atomic E-state index is 0.0632. The van der Waals surface area contributed by atoms with Crippen LogP contribution in [0.4, 0.5) is 22.0 Å². The highest BCUT2D eigenvalue weighted by Gasteiger charge is 2.40. The molecule has 182 valence electrons. The molecule has 3 aromatic carbocycles. The highest BCUT2D eigenvalue weighted by molar-refractivity contribution is 5.80. The van der Waals surface area contributed by atoms with Gasteiger partial charge in [0.2, 0.25) is 11.2 Å². The lowest BCUT2D eigenvalue weighted by molar-refractivity contribution is -0.154. The zero-order chi connectivity index (χ0) is 25.2. The van der Waals surface area contributed by atoms with Crippen molar-refractivity contribution in [3.05, 3.63) is 93.8 Å². The van der Waals surface area contributed by atoms with E-state index in [1.807, 2.05) is 0 Å². The molecule has 4 rings (SSSR count). The van der Waals surface area contributed by atoms with Crippen molar-refractivity contribution in [3.63, 3.8) is 0 Å². The number of para-hydroxylation sites is 2. The second kappa shape index (κ2) is 9.65. The standard InChI is InChI=1S/C25H17F5O5/c1-2-32-19-8-3-4-9-20(19)34-23-22(31)15-11-10-14(12-21(15)35-24(23)25(28,29)30)33-13-16-17(26)6-5-7-18(16)27/h3-12H,2,13H2,1H3. The lowest BCUT2D eigenvalue weighted by atomic mass is 10.2. The molecule has 0 saturated heterocycles. The lowest BCUT2D eigenvalue weighted by Crippen LogP contribution is -2.15. The van der Waals surface area contributed by atoms with Crippen molar-refractivity contribution in [1.29, 1.82) is 0 Å². The van der Waals surface area contributed by atoms with E-state index in [-0.39, 0.29) is 34.8 Å². The zero-order valence-corrected chi connectivity index (χ0v) is 18.1. The van der Waals surface area contributed by atoms with Crippen LogP contribution >= 0.6 is 0 Å². The molecule has 0 amide bonds. The Labute approximate surface area is 195 Å². The summed E-state index contributed by atoms with van der Waals surface area (Å²) in [5.41, 5.74) is -1.88. The summed E-state index contributed by atoms with van der Waals surface area (Å²) >= 11 is 0. The molecular weight excluding hydrogens is 475 g/mol. The average molecular weight is 492 g/mol. The third-order valence-corrected chi connectivity index (χ3v) is 4.89. The first-order chi connectivity index (χ1) is 16.7. The highest BCUT2D eigenvalue weighted by atomic mass is 19.4. The summed E-state index contributed by atoms with van der Waals surface area (Å²) in [5, 5.41) is -0.216. The molecule has 35 heavy (non-hydrogen) atoms. The summed E-state index contributed by atoms with van der Waals surface area (Å²) < 4.78 is 90.1. The Hall–Kier alpha value is -4.08. The van der Waals surface area contributed by atoms with Crippen LogP contribution in [0.3, 0.4) is 0 Å². The van der Waals surface area contributed by atoms with Crippen LogP contribution in [-0.4, -0.2) is 6.61 Å². The summed E-state index contributed by atoms with van der Waals surface area (Å²) in [6, 6.07) is 12.7. The van der Waals surface area contributed by atoms with Crippen LogP contribution in [0.25, 0.3) is 11.0 Å². The monoisotopic (exact) mass is 492 g/mol. The van der Waals surface area contributed by atoms with Crippen LogP contribution in [-0.2, 0) is 12.8 Å². The SMILES string of the molecule is CCOc1ccccc1Oc1c(C(F)(F)F)oc2cc(OCc3c(F)cccc3F)ccc2c1=O. The number of fused-ring (bicyclic) bond motifs is 1. The zero-order valence-electron chi connectivity index (χ0n) is 18.1. The van der Waals surface area contributed by atoms with Crippen molar-refractivity contribution >= 4 is 11.0 Å². The Balaban J connectivity index is 1.74. The molecule has 0 bridgehead atoms. The Morgan fingerprint density at radius 1 is 0.886 bits per heavy atom. The van der Waals surface area contributed by atoms with Crippen LogP contribution in [0, 0.1) is 11.6 Å². The fourth-order valence-electron chi connectivity index (χ4n) is 3.27. The van der Waals surface area contributed by atoms with E-state index in [0.717, 1.165) is 18.2 Å². The molecule has 0 aliphatic heterocycles. The van der Waals surface area contributed by atoms with Gasteiger partial charge in [0.1, 0.15) is 29.6 Å². The van der Waals surface area contributed by atoms with E-state index >= 15 is 0 Å². The number of hydrogen-bond acceptors (Lipinski definition) is 5. The molecule has 0 spiro atoms. The van der Waals surface area contributed by atoms with Gasteiger partial charge in [-0.15, -0.1) is 0 Å². The number of benzene rings is 3. The molecule has 0 N–H and O–H groups in total. The highest BCUT2D eigenvalue weighted by Crippen LogP contribution is 2.40.